The number of carbonyl (C=O) groups is 1. The summed E-state index contributed by atoms with van der Waals surface area (Å²) in [4.78, 5) is 10.5. The molecule has 0 aromatic heterocycles. The molecule has 1 aliphatic rings. The second-order valence-electron chi connectivity index (χ2n) is 4.19. The minimum Gasteiger partial charge on any atom is -0.493 e. The average molecular weight is 219 g/mol. The van der Waals surface area contributed by atoms with Crippen molar-refractivity contribution in [1.82, 2.24) is 5.32 Å². The maximum Gasteiger partial charge on any atom is 0.150 e. The average Bonchev–Trinajstić information content (AvgIpc) is 2.38. The van der Waals surface area contributed by atoms with Crippen LogP contribution in [0.5, 0.6) is 5.75 Å². The van der Waals surface area contributed by atoms with Gasteiger partial charge in [-0.3, -0.25) is 4.79 Å². The Labute approximate surface area is 95.8 Å². The highest BCUT2D eigenvalue weighted by Crippen LogP contribution is 2.16. The van der Waals surface area contributed by atoms with Crippen LogP contribution in [-0.2, 0) is 0 Å². The number of hydrogen-bond acceptors (Lipinski definition) is 3. The first-order valence-electron chi connectivity index (χ1n) is 5.77. The lowest BCUT2D eigenvalue weighted by Crippen LogP contribution is -2.30. The largest absolute Gasteiger partial charge is 0.493 e. The van der Waals surface area contributed by atoms with Gasteiger partial charge in [0.05, 0.1) is 6.61 Å². The summed E-state index contributed by atoms with van der Waals surface area (Å²) in [7, 11) is 0. The number of ether oxygens (including phenoxy) is 1. The van der Waals surface area contributed by atoms with Crippen molar-refractivity contribution in [2.45, 2.75) is 12.8 Å². The molecule has 1 aliphatic heterocycles. The van der Waals surface area contributed by atoms with Gasteiger partial charge in [0.25, 0.3) is 0 Å². The normalized spacial score (nSPS) is 17.0. The molecule has 0 amide bonds. The minimum absolute atomic E-state index is 0.659. The zero-order chi connectivity index (χ0) is 11.2. The Bertz CT molecular complexity index is 328. The van der Waals surface area contributed by atoms with E-state index < -0.39 is 0 Å². The second-order valence-corrected chi connectivity index (χ2v) is 4.19. The summed E-state index contributed by atoms with van der Waals surface area (Å²) in [5, 5.41) is 3.33. The molecule has 3 nitrogen and oxygen atoms in total. The van der Waals surface area contributed by atoms with Gasteiger partial charge in [0.2, 0.25) is 0 Å². The standard InChI is InChI=1S/C13H17NO2/c15-9-11-1-3-13(4-2-11)16-10-12-5-7-14-8-6-12/h1-4,9,12,14H,5-8,10H2. The summed E-state index contributed by atoms with van der Waals surface area (Å²) < 4.78 is 5.70. The molecule has 1 heterocycles. The van der Waals surface area contributed by atoms with E-state index in [0.717, 1.165) is 31.7 Å². The summed E-state index contributed by atoms with van der Waals surface area (Å²) in [5.41, 5.74) is 0.689. The highest BCUT2D eigenvalue weighted by molar-refractivity contribution is 5.74. The number of piperidine rings is 1. The lowest BCUT2D eigenvalue weighted by atomic mass is 9.99. The van der Waals surface area contributed by atoms with Crippen molar-refractivity contribution < 1.29 is 9.53 Å². The van der Waals surface area contributed by atoms with Crippen LogP contribution in [0.3, 0.4) is 0 Å². The van der Waals surface area contributed by atoms with E-state index in [0.29, 0.717) is 11.5 Å². The van der Waals surface area contributed by atoms with Crippen molar-refractivity contribution in [3.8, 4) is 5.75 Å². The summed E-state index contributed by atoms with van der Waals surface area (Å²) in [5.74, 6) is 1.51. The van der Waals surface area contributed by atoms with Gasteiger partial charge in [-0.2, -0.15) is 0 Å². The molecule has 86 valence electrons. The number of benzene rings is 1. The zero-order valence-corrected chi connectivity index (χ0v) is 9.32. The number of aldehydes is 1. The topological polar surface area (TPSA) is 38.3 Å². The van der Waals surface area contributed by atoms with Gasteiger partial charge in [0.15, 0.2) is 0 Å². The van der Waals surface area contributed by atoms with Gasteiger partial charge in [-0.25, -0.2) is 0 Å². The van der Waals surface area contributed by atoms with E-state index in [1.165, 1.54) is 12.8 Å². The van der Waals surface area contributed by atoms with Crippen molar-refractivity contribution in [3.63, 3.8) is 0 Å². The molecule has 0 saturated carbocycles. The molecule has 0 bridgehead atoms. The zero-order valence-electron chi connectivity index (χ0n) is 9.32. The molecule has 2 rings (SSSR count). The Morgan fingerprint density at radius 3 is 2.56 bits per heavy atom. The molecular weight excluding hydrogens is 202 g/mol. The van der Waals surface area contributed by atoms with E-state index in [2.05, 4.69) is 5.32 Å². The molecule has 1 aromatic carbocycles. The number of nitrogens with one attached hydrogen (secondary N) is 1. The van der Waals surface area contributed by atoms with E-state index in [9.17, 15) is 4.79 Å². The molecule has 1 N–H and O–H groups in total. The molecule has 3 heteroatoms. The van der Waals surface area contributed by atoms with Gasteiger partial charge in [0, 0.05) is 5.56 Å². The van der Waals surface area contributed by atoms with E-state index in [-0.39, 0.29) is 0 Å². The first-order valence-corrected chi connectivity index (χ1v) is 5.77. The Hall–Kier alpha value is -1.35. The van der Waals surface area contributed by atoms with Crippen molar-refractivity contribution in [2.24, 2.45) is 5.92 Å². The first kappa shape index (κ1) is 11.1. The minimum atomic E-state index is 0.659. The van der Waals surface area contributed by atoms with Crippen LogP contribution in [0.1, 0.15) is 23.2 Å². The Morgan fingerprint density at radius 1 is 1.25 bits per heavy atom. The fourth-order valence-corrected chi connectivity index (χ4v) is 1.91. The predicted molar refractivity (Wildman–Crippen MR) is 62.9 cm³/mol. The smallest absolute Gasteiger partial charge is 0.150 e. The van der Waals surface area contributed by atoms with Crippen LogP contribution < -0.4 is 10.1 Å². The molecule has 0 atom stereocenters. The quantitative estimate of drug-likeness (QED) is 0.786. The third-order valence-corrected chi connectivity index (χ3v) is 2.96. The molecule has 1 fully saturated rings. The number of rotatable bonds is 4. The third-order valence-electron chi connectivity index (χ3n) is 2.96. The maximum atomic E-state index is 10.5. The lowest BCUT2D eigenvalue weighted by molar-refractivity contribution is 0.112. The maximum absolute atomic E-state index is 10.5. The van der Waals surface area contributed by atoms with Gasteiger partial charge in [0.1, 0.15) is 12.0 Å². The van der Waals surface area contributed by atoms with Crippen LogP contribution in [0.25, 0.3) is 0 Å². The summed E-state index contributed by atoms with van der Waals surface area (Å²) in [6.07, 6.45) is 3.22. The summed E-state index contributed by atoms with van der Waals surface area (Å²) in [6.45, 7) is 2.97. The Morgan fingerprint density at radius 2 is 1.94 bits per heavy atom. The Balaban J connectivity index is 1.81. The van der Waals surface area contributed by atoms with Crippen LogP contribution in [0, 0.1) is 5.92 Å². The van der Waals surface area contributed by atoms with Crippen molar-refractivity contribution in [1.29, 1.82) is 0 Å². The van der Waals surface area contributed by atoms with Crippen LogP contribution in [0.2, 0.25) is 0 Å². The van der Waals surface area contributed by atoms with Gasteiger partial charge in [-0.05, 0) is 56.1 Å². The van der Waals surface area contributed by atoms with Crippen LogP contribution in [-0.4, -0.2) is 26.0 Å². The van der Waals surface area contributed by atoms with E-state index >= 15 is 0 Å². The van der Waals surface area contributed by atoms with Crippen LogP contribution in [0.4, 0.5) is 0 Å². The van der Waals surface area contributed by atoms with Gasteiger partial charge in [-0.1, -0.05) is 0 Å². The van der Waals surface area contributed by atoms with Crippen LogP contribution in [0.15, 0.2) is 24.3 Å². The number of hydrogen-bond donors (Lipinski definition) is 1. The van der Waals surface area contributed by atoms with Gasteiger partial charge in [-0.15, -0.1) is 0 Å². The van der Waals surface area contributed by atoms with Crippen molar-refractivity contribution >= 4 is 6.29 Å². The van der Waals surface area contributed by atoms with Gasteiger partial charge < -0.3 is 10.1 Å². The molecule has 1 saturated heterocycles. The molecule has 0 aliphatic carbocycles. The summed E-state index contributed by atoms with van der Waals surface area (Å²) >= 11 is 0. The molecule has 16 heavy (non-hydrogen) atoms. The second kappa shape index (κ2) is 5.66. The fourth-order valence-electron chi connectivity index (χ4n) is 1.91. The molecular formula is C13H17NO2. The predicted octanol–water partition coefficient (Wildman–Crippen LogP) is 1.88. The highest BCUT2D eigenvalue weighted by Gasteiger charge is 2.13. The third kappa shape index (κ3) is 3.07. The van der Waals surface area contributed by atoms with Crippen LogP contribution >= 0.6 is 0 Å². The lowest BCUT2D eigenvalue weighted by Gasteiger charge is -2.22. The fraction of sp³-hybridized carbons (Fsp3) is 0.462. The van der Waals surface area contributed by atoms with Gasteiger partial charge >= 0.3 is 0 Å². The SMILES string of the molecule is O=Cc1ccc(OCC2CCNCC2)cc1. The molecule has 0 spiro atoms. The molecule has 0 radical (unpaired) electrons. The van der Waals surface area contributed by atoms with Crippen molar-refractivity contribution in [3.05, 3.63) is 29.8 Å². The van der Waals surface area contributed by atoms with Crippen molar-refractivity contribution in [2.75, 3.05) is 19.7 Å². The Kier molecular flexibility index (Phi) is 3.94. The van der Waals surface area contributed by atoms with E-state index in [1.807, 2.05) is 12.1 Å². The molecule has 1 aromatic rings. The summed E-state index contributed by atoms with van der Waals surface area (Å²) in [6, 6.07) is 7.27. The highest BCUT2D eigenvalue weighted by atomic mass is 16.5. The molecule has 0 unspecified atom stereocenters. The van der Waals surface area contributed by atoms with E-state index in [1.54, 1.807) is 12.1 Å². The monoisotopic (exact) mass is 219 g/mol. The van der Waals surface area contributed by atoms with E-state index in [4.69, 9.17) is 4.74 Å². The number of carbonyl (C=O) groups excluding carboxylic acids is 1. The first-order chi connectivity index (χ1) is 7.88.